The number of hydrogen-bond donors (Lipinski definition) is 2. The van der Waals surface area contributed by atoms with Gasteiger partial charge in [0, 0.05) is 5.75 Å². The molecule has 0 saturated carbocycles. The zero-order valence-corrected chi connectivity index (χ0v) is 8.93. The van der Waals surface area contributed by atoms with Crippen molar-refractivity contribution < 1.29 is 9.90 Å². The third-order valence-corrected chi connectivity index (χ3v) is 3.99. The molecule has 2 atom stereocenters. The summed E-state index contributed by atoms with van der Waals surface area (Å²) >= 11 is 1.74. The fourth-order valence-corrected chi connectivity index (χ4v) is 3.18. The van der Waals surface area contributed by atoms with Crippen LogP contribution in [-0.2, 0) is 4.79 Å². The molecule has 0 aromatic heterocycles. The Balaban J connectivity index is 2.43. The summed E-state index contributed by atoms with van der Waals surface area (Å²) in [7, 11) is 0. The molecular formula is C9H17NO2S. The molecule has 1 fully saturated rings. The standard InChI is InChI=1S/C9H17NO2S/c1-3-6(4-2)8-10-7(5-13-8)9(11)12/h6-8,10H,3-5H2,1-2H3,(H,11,12)/t7-,8-/m0/s1. The SMILES string of the molecule is CCC(CC)[C@H]1N[C@H](C(=O)O)CS1. The van der Waals surface area contributed by atoms with E-state index in [2.05, 4.69) is 19.2 Å². The van der Waals surface area contributed by atoms with Crippen molar-refractivity contribution in [1.82, 2.24) is 5.32 Å². The highest BCUT2D eigenvalue weighted by molar-refractivity contribution is 8.00. The van der Waals surface area contributed by atoms with Crippen LogP contribution in [0.5, 0.6) is 0 Å². The van der Waals surface area contributed by atoms with Crippen LogP contribution in [0.3, 0.4) is 0 Å². The van der Waals surface area contributed by atoms with E-state index < -0.39 is 5.97 Å². The maximum atomic E-state index is 10.7. The van der Waals surface area contributed by atoms with Crippen molar-refractivity contribution in [2.45, 2.75) is 38.1 Å². The van der Waals surface area contributed by atoms with E-state index in [1.54, 1.807) is 11.8 Å². The van der Waals surface area contributed by atoms with E-state index in [9.17, 15) is 4.79 Å². The lowest BCUT2D eigenvalue weighted by Crippen LogP contribution is -2.39. The Kier molecular flexibility index (Phi) is 4.06. The maximum Gasteiger partial charge on any atom is 0.321 e. The lowest BCUT2D eigenvalue weighted by Gasteiger charge is -2.20. The number of aliphatic carboxylic acids is 1. The first-order chi connectivity index (χ1) is 6.19. The van der Waals surface area contributed by atoms with Gasteiger partial charge in [-0.25, -0.2) is 0 Å². The van der Waals surface area contributed by atoms with Crippen molar-refractivity contribution in [3.63, 3.8) is 0 Å². The van der Waals surface area contributed by atoms with Crippen LogP contribution in [0.25, 0.3) is 0 Å². The summed E-state index contributed by atoms with van der Waals surface area (Å²) < 4.78 is 0. The summed E-state index contributed by atoms with van der Waals surface area (Å²) in [6.07, 6.45) is 2.24. The molecule has 2 N–H and O–H groups in total. The van der Waals surface area contributed by atoms with Crippen LogP contribution >= 0.6 is 11.8 Å². The number of hydrogen-bond acceptors (Lipinski definition) is 3. The van der Waals surface area contributed by atoms with Gasteiger partial charge in [-0.2, -0.15) is 0 Å². The summed E-state index contributed by atoms with van der Waals surface area (Å²) in [5.74, 6) is 0.589. The van der Waals surface area contributed by atoms with Gasteiger partial charge in [0.05, 0.1) is 5.37 Å². The summed E-state index contributed by atoms with van der Waals surface area (Å²) in [6, 6.07) is -0.337. The van der Waals surface area contributed by atoms with E-state index in [0.29, 0.717) is 17.0 Å². The van der Waals surface area contributed by atoms with Crippen LogP contribution in [0.2, 0.25) is 0 Å². The second kappa shape index (κ2) is 4.86. The zero-order chi connectivity index (χ0) is 9.84. The van der Waals surface area contributed by atoms with Crippen molar-refractivity contribution in [1.29, 1.82) is 0 Å². The number of carboxylic acids is 1. The number of carboxylic acid groups (broad SMARTS) is 1. The minimum Gasteiger partial charge on any atom is -0.480 e. The Labute approximate surface area is 83.3 Å². The zero-order valence-electron chi connectivity index (χ0n) is 8.12. The number of thioether (sulfide) groups is 1. The fourth-order valence-electron chi connectivity index (χ4n) is 1.63. The van der Waals surface area contributed by atoms with E-state index in [4.69, 9.17) is 5.11 Å². The Morgan fingerprint density at radius 2 is 2.23 bits per heavy atom. The van der Waals surface area contributed by atoms with Crippen LogP contribution in [-0.4, -0.2) is 28.2 Å². The van der Waals surface area contributed by atoms with Crippen LogP contribution in [0.1, 0.15) is 26.7 Å². The van der Waals surface area contributed by atoms with E-state index in [0.717, 1.165) is 12.8 Å². The van der Waals surface area contributed by atoms with Crippen LogP contribution in [0.4, 0.5) is 0 Å². The molecule has 1 rings (SSSR count). The molecule has 1 aliphatic rings. The molecule has 0 bridgehead atoms. The molecule has 0 unspecified atom stereocenters. The Morgan fingerprint density at radius 3 is 2.62 bits per heavy atom. The van der Waals surface area contributed by atoms with Crippen molar-refractivity contribution in [3.8, 4) is 0 Å². The molecule has 13 heavy (non-hydrogen) atoms. The average molecular weight is 203 g/mol. The molecule has 0 radical (unpaired) electrons. The first kappa shape index (κ1) is 10.9. The molecule has 0 aliphatic carbocycles. The molecule has 1 saturated heterocycles. The van der Waals surface area contributed by atoms with Crippen LogP contribution < -0.4 is 5.32 Å². The van der Waals surface area contributed by atoms with E-state index in [1.165, 1.54) is 0 Å². The van der Waals surface area contributed by atoms with Gasteiger partial charge in [0.15, 0.2) is 0 Å². The highest BCUT2D eigenvalue weighted by Crippen LogP contribution is 2.28. The van der Waals surface area contributed by atoms with Gasteiger partial charge < -0.3 is 5.11 Å². The quantitative estimate of drug-likeness (QED) is 0.727. The Morgan fingerprint density at radius 1 is 1.62 bits per heavy atom. The molecule has 4 heteroatoms. The third-order valence-electron chi connectivity index (χ3n) is 2.58. The molecule has 0 aromatic carbocycles. The van der Waals surface area contributed by atoms with Gasteiger partial charge in [0.2, 0.25) is 0 Å². The van der Waals surface area contributed by atoms with E-state index >= 15 is 0 Å². The minimum absolute atomic E-state index is 0.337. The van der Waals surface area contributed by atoms with Crippen molar-refractivity contribution >= 4 is 17.7 Å². The van der Waals surface area contributed by atoms with Gasteiger partial charge in [-0.3, -0.25) is 10.1 Å². The predicted molar refractivity (Wildman–Crippen MR) is 54.9 cm³/mol. The fraction of sp³-hybridized carbons (Fsp3) is 0.889. The van der Waals surface area contributed by atoms with Crippen molar-refractivity contribution in [3.05, 3.63) is 0 Å². The van der Waals surface area contributed by atoms with Gasteiger partial charge >= 0.3 is 5.97 Å². The summed E-state index contributed by atoms with van der Waals surface area (Å²) in [4.78, 5) is 10.7. The summed E-state index contributed by atoms with van der Waals surface area (Å²) in [5, 5.41) is 12.3. The first-order valence-corrected chi connectivity index (χ1v) is 5.84. The smallest absolute Gasteiger partial charge is 0.321 e. The highest BCUT2D eigenvalue weighted by atomic mass is 32.2. The second-order valence-corrected chi connectivity index (χ2v) is 4.56. The molecule has 3 nitrogen and oxygen atoms in total. The molecule has 0 amide bonds. The summed E-state index contributed by atoms with van der Waals surface area (Å²) in [6.45, 7) is 4.31. The molecular weight excluding hydrogens is 186 g/mol. The largest absolute Gasteiger partial charge is 0.480 e. The Hall–Kier alpha value is -0.220. The summed E-state index contributed by atoms with van der Waals surface area (Å²) in [5.41, 5.74) is 0. The predicted octanol–water partition coefficient (Wildman–Crippen LogP) is 1.54. The van der Waals surface area contributed by atoms with Crippen LogP contribution in [0, 0.1) is 5.92 Å². The topological polar surface area (TPSA) is 49.3 Å². The van der Waals surface area contributed by atoms with Gasteiger partial charge in [-0.1, -0.05) is 26.7 Å². The number of nitrogens with one attached hydrogen (secondary N) is 1. The highest BCUT2D eigenvalue weighted by Gasteiger charge is 2.32. The second-order valence-electron chi connectivity index (χ2n) is 3.39. The molecule has 1 aliphatic heterocycles. The monoisotopic (exact) mass is 203 g/mol. The first-order valence-electron chi connectivity index (χ1n) is 4.79. The molecule has 76 valence electrons. The maximum absolute atomic E-state index is 10.7. The molecule has 0 aromatic rings. The molecule has 1 heterocycles. The van der Waals surface area contributed by atoms with Crippen molar-refractivity contribution in [2.24, 2.45) is 5.92 Å². The van der Waals surface area contributed by atoms with E-state index in [-0.39, 0.29) is 6.04 Å². The van der Waals surface area contributed by atoms with Gasteiger partial charge in [0.1, 0.15) is 6.04 Å². The Bertz CT molecular complexity index is 182. The third kappa shape index (κ3) is 2.61. The number of carbonyl (C=O) groups is 1. The van der Waals surface area contributed by atoms with Gasteiger partial charge in [0.25, 0.3) is 0 Å². The number of rotatable bonds is 4. The lowest BCUT2D eigenvalue weighted by molar-refractivity contribution is -0.138. The normalized spacial score (nSPS) is 28.2. The van der Waals surface area contributed by atoms with E-state index in [1.807, 2.05) is 0 Å². The van der Waals surface area contributed by atoms with Crippen molar-refractivity contribution in [2.75, 3.05) is 5.75 Å². The minimum atomic E-state index is -0.721. The molecule has 0 spiro atoms. The average Bonchev–Trinajstić information content (AvgIpc) is 2.56. The van der Waals surface area contributed by atoms with Gasteiger partial charge in [-0.05, 0) is 5.92 Å². The lowest BCUT2D eigenvalue weighted by atomic mass is 10.0. The van der Waals surface area contributed by atoms with Gasteiger partial charge in [-0.15, -0.1) is 11.8 Å². The van der Waals surface area contributed by atoms with Crippen LogP contribution in [0.15, 0.2) is 0 Å².